The Bertz CT molecular complexity index is 1060. The number of aryl methyl sites for hydroxylation is 1. The topological polar surface area (TPSA) is 56.6 Å². The van der Waals surface area contributed by atoms with Gasteiger partial charge in [0.15, 0.2) is 5.11 Å². The first kappa shape index (κ1) is 21.3. The molecule has 0 amide bonds. The van der Waals surface area contributed by atoms with Crippen LogP contribution < -0.4 is 10.2 Å². The second kappa shape index (κ2) is 8.69. The Labute approximate surface area is 189 Å². The molecule has 0 bridgehead atoms. The largest absolute Gasteiger partial charge is 0.395 e. The monoisotopic (exact) mass is 435 g/mol. The predicted molar refractivity (Wildman–Crippen MR) is 129 cm³/mol. The molecule has 2 unspecified atom stereocenters. The predicted octanol–water partition coefficient (Wildman–Crippen LogP) is 3.52. The van der Waals surface area contributed by atoms with Crippen LogP contribution in [0.4, 0.5) is 5.69 Å². The van der Waals surface area contributed by atoms with E-state index in [0.717, 1.165) is 22.8 Å². The molecular formula is C24H29N5OS. The van der Waals surface area contributed by atoms with Gasteiger partial charge in [0.2, 0.25) is 0 Å². The average molecular weight is 436 g/mol. The first-order chi connectivity index (χ1) is 14.9. The highest BCUT2D eigenvalue weighted by atomic mass is 32.1. The van der Waals surface area contributed by atoms with Crippen molar-refractivity contribution < 1.29 is 5.11 Å². The van der Waals surface area contributed by atoms with E-state index >= 15 is 0 Å². The van der Waals surface area contributed by atoms with E-state index in [4.69, 9.17) is 12.2 Å². The highest BCUT2D eigenvalue weighted by Gasteiger charge is 2.41. The molecule has 1 saturated heterocycles. The van der Waals surface area contributed by atoms with Gasteiger partial charge < -0.3 is 24.8 Å². The molecule has 0 spiro atoms. The molecule has 1 aromatic carbocycles. The summed E-state index contributed by atoms with van der Waals surface area (Å²) in [5.74, 6) is 0. The van der Waals surface area contributed by atoms with Gasteiger partial charge in [-0.1, -0.05) is 6.07 Å². The summed E-state index contributed by atoms with van der Waals surface area (Å²) < 4.78 is 2.28. The molecule has 1 aliphatic heterocycles. The van der Waals surface area contributed by atoms with Gasteiger partial charge in [-0.3, -0.25) is 4.98 Å². The van der Waals surface area contributed by atoms with E-state index in [-0.39, 0.29) is 18.7 Å². The molecule has 6 nitrogen and oxygen atoms in total. The molecule has 4 rings (SSSR count). The van der Waals surface area contributed by atoms with Gasteiger partial charge in [-0.05, 0) is 74.1 Å². The minimum atomic E-state index is -0.0784. The number of rotatable bonds is 6. The molecule has 3 heterocycles. The summed E-state index contributed by atoms with van der Waals surface area (Å²) in [5.41, 5.74) is 6.74. The molecule has 2 N–H and O–H groups in total. The molecule has 3 aromatic rings. The highest BCUT2D eigenvalue weighted by molar-refractivity contribution is 7.80. The molecular weight excluding hydrogens is 406 g/mol. The van der Waals surface area contributed by atoms with Crippen LogP contribution in [-0.2, 0) is 0 Å². The normalized spacial score (nSPS) is 18.4. The van der Waals surface area contributed by atoms with Crippen molar-refractivity contribution in [1.29, 1.82) is 0 Å². The molecule has 0 saturated carbocycles. The van der Waals surface area contributed by atoms with Gasteiger partial charge in [-0.2, -0.15) is 0 Å². The number of nitrogens with zero attached hydrogens (tertiary/aromatic N) is 4. The highest BCUT2D eigenvalue weighted by Crippen LogP contribution is 2.41. The number of β-amino-alcohol motifs (C(OH)–C–C–N with tert-alkyl or cyclic N) is 1. The Morgan fingerprint density at radius 1 is 1.13 bits per heavy atom. The van der Waals surface area contributed by atoms with Gasteiger partial charge in [0.25, 0.3) is 0 Å². The molecule has 1 fully saturated rings. The lowest BCUT2D eigenvalue weighted by atomic mass is 9.97. The lowest BCUT2D eigenvalue weighted by Gasteiger charge is -2.27. The summed E-state index contributed by atoms with van der Waals surface area (Å²) in [5, 5.41) is 13.8. The number of pyridine rings is 1. The second-order valence-electron chi connectivity index (χ2n) is 8.12. The number of aromatic nitrogens is 2. The summed E-state index contributed by atoms with van der Waals surface area (Å²) in [4.78, 5) is 8.76. The molecule has 7 heteroatoms. The van der Waals surface area contributed by atoms with Crippen molar-refractivity contribution in [1.82, 2.24) is 19.8 Å². The standard InChI is InChI=1S/C24H29N5OS/c1-16-15-20(17(2)29(16)19-10-8-18(9-11-19)27(3)4)23-22(21-7-5-6-12-25-21)26-24(31)28(23)13-14-30/h5-12,15,22-23,30H,13-14H2,1-4H3,(H,26,31). The molecule has 2 aromatic heterocycles. The van der Waals surface area contributed by atoms with E-state index in [9.17, 15) is 5.11 Å². The third-order valence-corrected chi connectivity index (χ3v) is 6.30. The minimum absolute atomic E-state index is 0.0397. The van der Waals surface area contributed by atoms with Crippen LogP contribution in [-0.4, -0.2) is 51.9 Å². The maximum absolute atomic E-state index is 9.69. The Morgan fingerprint density at radius 3 is 2.48 bits per heavy atom. The zero-order valence-corrected chi connectivity index (χ0v) is 19.2. The number of thiocarbonyl (C=S) groups is 1. The first-order valence-electron chi connectivity index (χ1n) is 10.5. The fraction of sp³-hybridized carbons (Fsp3) is 0.333. The van der Waals surface area contributed by atoms with Crippen LogP contribution in [0.25, 0.3) is 5.69 Å². The lowest BCUT2D eigenvalue weighted by Crippen LogP contribution is -2.32. The number of nitrogens with one attached hydrogen (secondary N) is 1. The maximum atomic E-state index is 9.69. The van der Waals surface area contributed by atoms with Crippen LogP contribution in [0.15, 0.2) is 54.7 Å². The summed E-state index contributed by atoms with van der Waals surface area (Å²) in [6, 6.07) is 16.6. The van der Waals surface area contributed by atoms with Gasteiger partial charge >= 0.3 is 0 Å². The van der Waals surface area contributed by atoms with Crippen molar-refractivity contribution in [2.24, 2.45) is 0 Å². The van der Waals surface area contributed by atoms with Crippen LogP contribution in [0.2, 0.25) is 0 Å². The van der Waals surface area contributed by atoms with E-state index in [1.54, 1.807) is 6.20 Å². The van der Waals surface area contributed by atoms with Crippen molar-refractivity contribution in [3.05, 3.63) is 77.4 Å². The Kier molecular flexibility index (Phi) is 5.98. The van der Waals surface area contributed by atoms with Crippen molar-refractivity contribution >= 4 is 23.0 Å². The van der Waals surface area contributed by atoms with Crippen molar-refractivity contribution in [2.45, 2.75) is 25.9 Å². The Hall–Kier alpha value is -2.90. The number of aliphatic hydroxyl groups excluding tert-OH is 1. The molecule has 2 atom stereocenters. The zero-order valence-electron chi connectivity index (χ0n) is 18.4. The van der Waals surface area contributed by atoms with Gasteiger partial charge in [0, 0.05) is 49.6 Å². The minimum Gasteiger partial charge on any atom is -0.395 e. The summed E-state index contributed by atoms with van der Waals surface area (Å²) in [6.07, 6.45) is 1.81. The maximum Gasteiger partial charge on any atom is 0.170 e. The van der Waals surface area contributed by atoms with Crippen LogP contribution in [0.1, 0.15) is 34.7 Å². The number of anilines is 1. The molecule has 1 aliphatic rings. The van der Waals surface area contributed by atoms with Crippen molar-refractivity contribution in [3.8, 4) is 5.69 Å². The average Bonchev–Trinajstić information content (AvgIpc) is 3.24. The van der Waals surface area contributed by atoms with Gasteiger partial charge in [-0.15, -0.1) is 0 Å². The summed E-state index contributed by atoms with van der Waals surface area (Å²) >= 11 is 5.64. The fourth-order valence-electron chi connectivity index (χ4n) is 4.48. The van der Waals surface area contributed by atoms with Crippen molar-refractivity contribution in [2.75, 3.05) is 32.1 Å². The fourth-order valence-corrected chi connectivity index (χ4v) is 4.81. The van der Waals surface area contributed by atoms with E-state index in [1.165, 1.54) is 11.3 Å². The van der Waals surface area contributed by atoms with Gasteiger partial charge in [0.05, 0.1) is 24.4 Å². The van der Waals surface area contributed by atoms with E-state index in [0.29, 0.717) is 11.7 Å². The van der Waals surface area contributed by atoms with Crippen molar-refractivity contribution in [3.63, 3.8) is 0 Å². The van der Waals surface area contributed by atoms with Crippen LogP contribution in [0.5, 0.6) is 0 Å². The lowest BCUT2D eigenvalue weighted by molar-refractivity contribution is 0.223. The molecule has 31 heavy (non-hydrogen) atoms. The van der Waals surface area contributed by atoms with E-state index < -0.39 is 0 Å². The third-order valence-electron chi connectivity index (χ3n) is 5.95. The van der Waals surface area contributed by atoms with Crippen LogP contribution in [0.3, 0.4) is 0 Å². The Morgan fingerprint density at radius 2 is 1.87 bits per heavy atom. The quantitative estimate of drug-likeness (QED) is 0.578. The summed E-state index contributed by atoms with van der Waals surface area (Å²) in [7, 11) is 4.09. The number of aliphatic hydroxyl groups is 1. The Balaban J connectivity index is 1.79. The van der Waals surface area contributed by atoms with Crippen LogP contribution in [0, 0.1) is 13.8 Å². The molecule has 162 valence electrons. The second-order valence-corrected chi connectivity index (χ2v) is 8.50. The summed E-state index contributed by atoms with van der Waals surface area (Å²) in [6.45, 7) is 4.79. The van der Waals surface area contributed by atoms with Crippen LogP contribution >= 0.6 is 12.2 Å². The number of hydrogen-bond donors (Lipinski definition) is 2. The number of hydrogen-bond acceptors (Lipinski definition) is 4. The third kappa shape index (κ3) is 3.91. The van der Waals surface area contributed by atoms with E-state index in [2.05, 4.69) is 68.8 Å². The SMILES string of the molecule is Cc1cc(C2C(c3ccccn3)NC(=S)N2CCO)c(C)n1-c1ccc(N(C)C)cc1. The zero-order chi connectivity index (χ0) is 22.1. The molecule has 0 radical (unpaired) electrons. The molecule has 0 aliphatic carbocycles. The first-order valence-corrected chi connectivity index (χ1v) is 10.9. The van der Waals surface area contributed by atoms with E-state index in [1.807, 2.05) is 32.3 Å². The van der Waals surface area contributed by atoms with Gasteiger partial charge in [-0.25, -0.2) is 0 Å². The van der Waals surface area contributed by atoms with Gasteiger partial charge in [0.1, 0.15) is 0 Å². The number of benzene rings is 1. The smallest absolute Gasteiger partial charge is 0.170 e.